The predicted molar refractivity (Wildman–Crippen MR) is 99.3 cm³/mol. The van der Waals surface area contributed by atoms with Crippen LogP contribution in [-0.4, -0.2) is 11.8 Å². The zero-order valence-electron chi connectivity index (χ0n) is 10.3. The second-order valence-corrected chi connectivity index (χ2v) is 13.5. The lowest BCUT2D eigenvalue weighted by Crippen LogP contribution is -2.17. The maximum atomic E-state index is 6.13. The van der Waals surface area contributed by atoms with Crippen molar-refractivity contribution < 1.29 is 0 Å². The quantitative estimate of drug-likeness (QED) is 0.180. The molecule has 0 aromatic rings. The first-order valence-electron chi connectivity index (χ1n) is 6.33. The molecule has 110 valence electrons. The molecular formula is C12H20Br4Cl2. The molecule has 0 amide bonds. The average molecular weight is 555 g/mol. The Balaban J connectivity index is 3.22. The van der Waals surface area contributed by atoms with Gasteiger partial charge in [0, 0.05) is 0 Å². The fourth-order valence-corrected chi connectivity index (χ4v) is 3.04. The summed E-state index contributed by atoms with van der Waals surface area (Å²) in [5.41, 5.74) is 0. The number of hydrogen-bond acceptors (Lipinski definition) is 0. The first-order valence-corrected chi connectivity index (χ1v) is 10.6. The summed E-state index contributed by atoms with van der Waals surface area (Å²) in [7, 11) is 0. The molecule has 0 heterocycles. The second-order valence-electron chi connectivity index (χ2n) is 4.45. The molecule has 0 fully saturated rings. The van der Waals surface area contributed by atoms with Gasteiger partial charge < -0.3 is 0 Å². The van der Waals surface area contributed by atoms with Gasteiger partial charge in [-0.25, -0.2) is 0 Å². The molecule has 18 heavy (non-hydrogen) atoms. The number of halogens is 6. The molecule has 0 aromatic heterocycles. The maximum absolute atomic E-state index is 6.13. The van der Waals surface area contributed by atoms with Crippen molar-refractivity contribution in [3.05, 3.63) is 0 Å². The Hall–Kier alpha value is 2.50. The van der Waals surface area contributed by atoms with E-state index in [4.69, 9.17) is 23.2 Å². The van der Waals surface area contributed by atoms with Crippen LogP contribution >= 0.6 is 86.9 Å². The van der Waals surface area contributed by atoms with Crippen molar-refractivity contribution in [2.75, 3.05) is 0 Å². The van der Waals surface area contributed by atoms with E-state index < -0.39 is 2.69 Å². The lowest BCUT2D eigenvalue weighted by molar-refractivity contribution is 0.561. The summed E-state index contributed by atoms with van der Waals surface area (Å²) in [4.78, 5) is 0. The van der Waals surface area contributed by atoms with Crippen LogP contribution in [0, 0.1) is 0 Å². The molecule has 0 N–H and O–H groups in total. The highest BCUT2D eigenvalue weighted by Crippen LogP contribution is 2.40. The maximum Gasteiger partial charge on any atom is 0.169 e. The van der Waals surface area contributed by atoms with Crippen molar-refractivity contribution in [2.24, 2.45) is 0 Å². The normalized spacial score (nSPS) is 14.2. The van der Waals surface area contributed by atoms with Gasteiger partial charge in [0.15, 0.2) is 2.69 Å². The van der Waals surface area contributed by atoms with E-state index in [9.17, 15) is 0 Å². The van der Waals surface area contributed by atoms with Gasteiger partial charge in [0.2, 0.25) is 0 Å². The van der Waals surface area contributed by atoms with Gasteiger partial charge in [-0.1, -0.05) is 120 Å². The molecule has 0 aromatic carbocycles. The number of hydrogen-bond donors (Lipinski definition) is 0. The van der Waals surface area contributed by atoms with Gasteiger partial charge >= 0.3 is 0 Å². The Labute approximate surface area is 155 Å². The van der Waals surface area contributed by atoms with Crippen molar-refractivity contribution in [1.82, 2.24) is 0 Å². The van der Waals surface area contributed by atoms with Gasteiger partial charge in [0.25, 0.3) is 0 Å². The van der Waals surface area contributed by atoms with Crippen molar-refractivity contribution >= 4 is 86.9 Å². The van der Waals surface area contributed by atoms with E-state index in [1.54, 1.807) is 0 Å². The van der Waals surface area contributed by atoms with Crippen molar-refractivity contribution in [3.8, 4) is 0 Å². The van der Waals surface area contributed by atoms with E-state index in [1.807, 2.05) is 0 Å². The van der Waals surface area contributed by atoms with Crippen LogP contribution in [0.1, 0.15) is 57.8 Å². The molecule has 0 aliphatic heterocycles. The molecule has 0 rings (SSSR count). The molecule has 1 atom stereocenters. The van der Waals surface area contributed by atoms with E-state index in [0.29, 0.717) is 3.74 Å². The number of rotatable bonds is 11. The van der Waals surface area contributed by atoms with Crippen LogP contribution in [0.15, 0.2) is 0 Å². The minimum atomic E-state index is -0.649. The first-order chi connectivity index (χ1) is 8.34. The molecule has 0 bridgehead atoms. The van der Waals surface area contributed by atoms with Crippen LogP contribution in [0.5, 0.6) is 0 Å². The summed E-state index contributed by atoms with van der Waals surface area (Å²) >= 11 is 25.7. The highest BCUT2D eigenvalue weighted by atomic mass is 79.9. The fourth-order valence-electron chi connectivity index (χ4n) is 1.67. The predicted octanol–water partition coefficient (Wildman–Crippen LogP) is 7.90. The molecule has 0 saturated heterocycles. The minimum absolute atomic E-state index is 0.0750. The smallest absolute Gasteiger partial charge is 0.119 e. The van der Waals surface area contributed by atoms with Crippen LogP contribution in [-0.2, 0) is 0 Å². The monoisotopic (exact) mass is 550 g/mol. The van der Waals surface area contributed by atoms with E-state index in [2.05, 4.69) is 63.7 Å². The van der Waals surface area contributed by atoms with E-state index in [-0.39, 0.29) is 5.38 Å². The molecule has 0 aliphatic rings. The lowest BCUT2D eigenvalue weighted by atomic mass is 10.1. The summed E-state index contributed by atoms with van der Waals surface area (Å²) in [6.07, 6.45) is 11.1. The third-order valence-electron chi connectivity index (χ3n) is 2.74. The molecule has 0 nitrogen and oxygen atoms in total. The largest absolute Gasteiger partial charge is 0.169 e. The van der Waals surface area contributed by atoms with Gasteiger partial charge in [-0.15, -0.1) is 11.6 Å². The number of alkyl halides is 6. The summed E-state index contributed by atoms with van der Waals surface area (Å²) in [5, 5.41) is -0.0750. The zero-order chi connectivity index (χ0) is 14.0. The summed E-state index contributed by atoms with van der Waals surface area (Å²) in [6, 6.07) is 0. The van der Waals surface area contributed by atoms with E-state index in [1.165, 1.54) is 44.9 Å². The molecular weight excluding hydrogens is 535 g/mol. The highest BCUT2D eigenvalue weighted by Gasteiger charge is 2.28. The molecule has 6 heteroatoms. The van der Waals surface area contributed by atoms with Crippen LogP contribution in [0.25, 0.3) is 0 Å². The lowest BCUT2D eigenvalue weighted by Gasteiger charge is -2.18. The summed E-state index contributed by atoms with van der Waals surface area (Å²) in [5.74, 6) is 0. The first kappa shape index (κ1) is 20.5. The second kappa shape index (κ2) is 12.1. The van der Waals surface area contributed by atoms with Gasteiger partial charge in [-0.2, -0.15) is 0 Å². The Kier molecular flexibility index (Phi) is 13.8. The van der Waals surface area contributed by atoms with Crippen LogP contribution in [0.3, 0.4) is 0 Å². The summed E-state index contributed by atoms with van der Waals surface area (Å²) < 4.78 is -0.168. The van der Waals surface area contributed by atoms with Crippen molar-refractivity contribution in [1.29, 1.82) is 0 Å². The third-order valence-corrected chi connectivity index (χ3v) is 6.20. The topological polar surface area (TPSA) is 0 Å². The van der Waals surface area contributed by atoms with Crippen LogP contribution in [0.4, 0.5) is 0 Å². The Morgan fingerprint density at radius 1 is 0.778 bits per heavy atom. The van der Waals surface area contributed by atoms with Gasteiger partial charge in [-0.05, 0) is 12.8 Å². The number of unbranched alkanes of at least 4 members (excludes halogenated alkanes) is 6. The van der Waals surface area contributed by atoms with E-state index in [0.717, 1.165) is 12.8 Å². The third kappa shape index (κ3) is 13.5. The molecule has 0 aliphatic carbocycles. The van der Waals surface area contributed by atoms with E-state index >= 15 is 0 Å². The molecule has 1 unspecified atom stereocenters. The fraction of sp³-hybridized carbons (Fsp3) is 1.00. The molecule has 0 spiro atoms. The van der Waals surface area contributed by atoms with Gasteiger partial charge in [0.1, 0.15) is 0 Å². The standard InChI is InChI=1S/C12H20Br4Cl2/c13-11(14)9-7-5-3-1-2-4-6-8-10(17)12(15,16)18/h10-11H,1-9H2. The van der Waals surface area contributed by atoms with Crippen LogP contribution in [0.2, 0.25) is 0 Å². The van der Waals surface area contributed by atoms with Gasteiger partial charge in [0.05, 0.1) is 9.11 Å². The Morgan fingerprint density at radius 2 is 1.17 bits per heavy atom. The SMILES string of the molecule is ClC(CCCCCCCCCC(Br)Br)C(Cl)(Br)Br. The molecule has 0 radical (unpaired) electrons. The minimum Gasteiger partial charge on any atom is -0.119 e. The molecule has 0 saturated carbocycles. The Morgan fingerprint density at radius 3 is 1.56 bits per heavy atom. The average Bonchev–Trinajstić information content (AvgIpc) is 2.24. The zero-order valence-corrected chi connectivity index (χ0v) is 18.1. The van der Waals surface area contributed by atoms with Crippen LogP contribution < -0.4 is 0 Å². The highest BCUT2D eigenvalue weighted by molar-refractivity contribution is 9.26. The van der Waals surface area contributed by atoms with Crippen molar-refractivity contribution in [2.45, 2.75) is 69.6 Å². The van der Waals surface area contributed by atoms with Crippen molar-refractivity contribution in [3.63, 3.8) is 0 Å². The van der Waals surface area contributed by atoms with Gasteiger partial charge in [-0.3, -0.25) is 0 Å². The Bertz CT molecular complexity index is 195. The summed E-state index contributed by atoms with van der Waals surface area (Å²) in [6.45, 7) is 0.